The third-order valence-electron chi connectivity index (χ3n) is 12.9. The summed E-state index contributed by atoms with van der Waals surface area (Å²) in [7, 11) is 0. The highest BCUT2D eigenvalue weighted by atomic mass is 16.5. The second-order valence-electron chi connectivity index (χ2n) is 16.5. The molecule has 312 valence electrons. The van der Waals surface area contributed by atoms with Crippen LogP contribution in [-0.2, 0) is 0 Å². The number of rotatable bonds is 7. The minimum atomic E-state index is -0.583. The molecular weight excluding hydrogens is 825 g/mol. The van der Waals surface area contributed by atoms with Gasteiger partial charge in [0.05, 0.1) is 47.0 Å². The van der Waals surface area contributed by atoms with Crippen LogP contribution in [-0.4, -0.2) is 14.0 Å². The lowest BCUT2D eigenvalue weighted by Gasteiger charge is -2.17. The minimum absolute atomic E-state index is 0.129. The van der Waals surface area contributed by atoms with Gasteiger partial charge in [-0.15, -0.1) is 0 Å². The first-order valence-electron chi connectivity index (χ1n) is 26.6. The molecule has 0 aliphatic rings. The molecule has 0 fully saturated rings. The van der Waals surface area contributed by atoms with Gasteiger partial charge in [-0.25, -0.2) is 4.98 Å². The van der Waals surface area contributed by atoms with Crippen LogP contribution in [0.4, 0.5) is 0 Å². The molecule has 0 aliphatic heterocycles. The molecule has 0 amide bonds. The number of aromatic nitrogens is 4. The molecular formula is C60H34N4O3. The van der Waals surface area contributed by atoms with Crippen LogP contribution in [0.3, 0.4) is 0 Å². The van der Waals surface area contributed by atoms with E-state index < -0.39 is 60.4 Å². The van der Waals surface area contributed by atoms with Crippen molar-refractivity contribution in [3.63, 3.8) is 0 Å². The molecule has 0 aliphatic carbocycles. The molecule has 0 atom stereocenters. The van der Waals surface area contributed by atoms with Gasteiger partial charge in [-0.2, -0.15) is 0 Å². The summed E-state index contributed by atoms with van der Waals surface area (Å²) >= 11 is 0. The molecule has 6 aromatic heterocycles. The summed E-state index contributed by atoms with van der Waals surface area (Å²) in [5.74, 6) is 1.70. The van der Waals surface area contributed by atoms with E-state index in [2.05, 4.69) is 47.3 Å². The standard InChI is InChI=1S/C60H34N4O3/c1-4-13-36(14-5-1)39-22-25-46-45(31-39)44-24-23-40(32-48(44)64(46)54-21-10-11-30-61-54)65-41-33-49-55-53(34-41)67-50-28-29-51-57(56(50)55)58-52(66-51)27-26-47-60(58)63(49)35-62(47)59-42(37-15-6-2-7-16-37)19-12-20-43(59)38-17-8-3-9-18-38/h1-34H/i2D,3D,6D,7D,8D,9D,15D,16D,17D,18D. The Hall–Kier alpha value is -9.20. The van der Waals surface area contributed by atoms with Crippen LogP contribution < -0.4 is 9.30 Å². The number of imidazole rings is 1. The molecule has 0 saturated carbocycles. The van der Waals surface area contributed by atoms with E-state index >= 15 is 0 Å². The number of furan rings is 2. The third-order valence-corrected chi connectivity index (χ3v) is 12.9. The van der Waals surface area contributed by atoms with Crippen molar-refractivity contribution in [3.8, 4) is 56.4 Å². The smallest absolute Gasteiger partial charge is 0.269 e. The fraction of sp³-hybridized carbons (Fsp3) is 0. The Morgan fingerprint density at radius 2 is 1.21 bits per heavy atom. The van der Waals surface area contributed by atoms with E-state index in [4.69, 9.17) is 26.8 Å². The Morgan fingerprint density at radius 3 is 1.97 bits per heavy atom. The Balaban J connectivity index is 1.01. The Bertz CT molecular complexity index is 4880. The summed E-state index contributed by atoms with van der Waals surface area (Å²) in [6.07, 6.45) is 5.35. The van der Waals surface area contributed by atoms with E-state index in [1.165, 1.54) is 0 Å². The number of ether oxygens (including phenoxy) is 1. The Morgan fingerprint density at radius 1 is 0.507 bits per heavy atom. The zero-order chi connectivity index (χ0) is 52.4. The average molecular weight is 869 g/mol. The first kappa shape index (κ1) is 27.9. The highest BCUT2D eigenvalue weighted by Gasteiger charge is 2.27. The van der Waals surface area contributed by atoms with E-state index in [-0.39, 0.29) is 27.9 Å². The number of hydrogen-bond donors (Lipinski definition) is 0. The molecule has 15 rings (SSSR count). The SMILES string of the molecule is [2H]c1c([2H])c([2H])c(-c2cccc(-c3c([2H])c([2H])c([2H])c([2H])c3[2H])c2-[n+]2[c-]n3c4cc(Oc5ccc6c7cc(-c8ccccc8)ccc7n(-c7ccccn7)c6c5)cc5oc6ccc7oc8ccc2c3c8c7c6c54)c([2H])c1[2H]. The number of benzene rings is 9. The maximum absolute atomic E-state index is 9.19. The summed E-state index contributed by atoms with van der Waals surface area (Å²) < 4.78 is 114. The molecule has 9 aromatic carbocycles. The highest BCUT2D eigenvalue weighted by Crippen LogP contribution is 2.47. The van der Waals surface area contributed by atoms with Crippen LogP contribution in [0.5, 0.6) is 11.5 Å². The molecule has 7 heteroatoms. The maximum Gasteiger partial charge on any atom is 0.269 e. The second kappa shape index (κ2) is 13.7. The van der Waals surface area contributed by atoms with Crippen LogP contribution in [0.1, 0.15) is 13.7 Å². The molecule has 15 aromatic rings. The zero-order valence-corrected chi connectivity index (χ0v) is 34.9. The predicted molar refractivity (Wildman–Crippen MR) is 267 cm³/mol. The fourth-order valence-corrected chi connectivity index (χ4v) is 10.2. The van der Waals surface area contributed by atoms with Crippen molar-refractivity contribution in [1.29, 1.82) is 0 Å². The Kier molecular flexibility index (Phi) is 5.68. The second-order valence-corrected chi connectivity index (χ2v) is 16.5. The average Bonchev–Trinajstić information content (AvgIpc) is 4.31. The van der Waals surface area contributed by atoms with Gasteiger partial charge in [-0.1, -0.05) is 121 Å². The van der Waals surface area contributed by atoms with Crippen LogP contribution in [0.25, 0.3) is 127 Å². The minimum Gasteiger partial charge on any atom is -0.458 e. The number of para-hydroxylation sites is 1. The van der Waals surface area contributed by atoms with Crippen molar-refractivity contribution in [2.45, 2.75) is 0 Å². The molecule has 0 N–H and O–H groups in total. The number of hydrogen-bond acceptors (Lipinski definition) is 4. The van der Waals surface area contributed by atoms with E-state index in [1.807, 2.05) is 89.3 Å². The molecule has 6 heterocycles. The summed E-state index contributed by atoms with van der Waals surface area (Å²) in [5.41, 5.74) is 8.10. The summed E-state index contributed by atoms with van der Waals surface area (Å²) in [4.78, 5) is 4.77. The topological polar surface area (TPSA) is 61.6 Å². The normalized spacial score (nSPS) is 14.3. The summed E-state index contributed by atoms with van der Waals surface area (Å²) in [6.45, 7) is 0. The first-order valence-corrected chi connectivity index (χ1v) is 21.6. The highest BCUT2D eigenvalue weighted by molar-refractivity contribution is 6.33. The van der Waals surface area contributed by atoms with E-state index in [9.17, 15) is 5.48 Å². The third kappa shape index (κ3) is 5.22. The van der Waals surface area contributed by atoms with Crippen molar-refractivity contribution in [1.82, 2.24) is 14.0 Å². The summed E-state index contributed by atoms with van der Waals surface area (Å²) in [5, 5.41) is 5.08. The van der Waals surface area contributed by atoms with Gasteiger partial charge in [0.15, 0.2) is 0 Å². The molecule has 0 unspecified atom stereocenters. The van der Waals surface area contributed by atoms with Crippen LogP contribution in [0.15, 0.2) is 215 Å². The monoisotopic (exact) mass is 868 g/mol. The lowest BCUT2D eigenvalue weighted by molar-refractivity contribution is -0.570. The van der Waals surface area contributed by atoms with Gasteiger partial charge in [-0.3, -0.25) is 13.5 Å². The van der Waals surface area contributed by atoms with E-state index in [0.29, 0.717) is 55.8 Å². The summed E-state index contributed by atoms with van der Waals surface area (Å²) in [6, 6.07) is 39.0. The molecule has 0 spiro atoms. The van der Waals surface area contributed by atoms with Gasteiger partial charge in [0.1, 0.15) is 39.6 Å². The number of pyridine rings is 1. The fourth-order valence-electron chi connectivity index (χ4n) is 10.2. The van der Waals surface area contributed by atoms with Gasteiger partial charge in [0, 0.05) is 50.6 Å². The molecule has 7 nitrogen and oxygen atoms in total. The maximum atomic E-state index is 9.19. The molecule has 0 radical (unpaired) electrons. The molecule has 0 saturated heterocycles. The Labute approximate surface area is 395 Å². The lowest BCUT2D eigenvalue weighted by Crippen LogP contribution is -2.31. The van der Waals surface area contributed by atoms with Crippen LogP contribution >= 0.6 is 0 Å². The van der Waals surface area contributed by atoms with Crippen molar-refractivity contribution < 1.29 is 31.8 Å². The van der Waals surface area contributed by atoms with Gasteiger partial charge in [0.25, 0.3) is 6.33 Å². The van der Waals surface area contributed by atoms with Gasteiger partial charge >= 0.3 is 0 Å². The van der Waals surface area contributed by atoms with Crippen molar-refractivity contribution in [2.24, 2.45) is 0 Å². The largest absolute Gasteiger partial charge is 0.458 e. The predicted octanol–water partition coefficient (Wildman–Crippen LogP) is 15.1. The lowest BCUT2D eigenvalue weighted by atomic mass is 9.95. The first-order chi connectivity index (χ1) is 37.4. The molecule has 67 heavy (non-hydrogen) atoms. The van der Waals surface area contributed by atoms with Crippen molar-refractivity contribution in [2.75, 3.05) is 0 Å². The van der Waals surface area contributed by atoms with Crippen molar-refractivity contribution in [3.05, 3.63) is 212 Å². The van der Waals surface area contributed by atoms with E-state index in [0.717, 1.165) is 54.9 Å². The quantitative estimate of drug-likeness (QED) is 0.118. The number of fused-ring (bicyclic) bond motifs is 4. The van der Waals surface area contributed by atoms with Crippen molar-refractivity contribution >= 4 is 82.2 Å². The van der Waals surface area contributed by atoms with Crippen LogP contribution in [0.2, 0.25) is 0 Å². The van der Waals surface area contributed by atoms with Gasteiger partial charge < -0.3 is 13.6 Å². The zero-order valence-electron chi connectivity index (χ0n) is 44.9. The van der Waals surface area contributed by atoms with Gasteiger partial charge in [0.2, 0.25) is 0 Å². The van der Waals surface area contributed by atoms with Crippen LogP contribution in [0, 0.1) is 6.33 Å². The van der Waals surface area contributed by atoms with Gasteiger partial charge in [-0.05, 0) is 100 Å². The molecule has 0 bridgehead atoms. The van der Waals surface area contributed by atoms with E-state index in [1.54, 1.807) is 29.0 Å². The number of nitrogens with zero attached hydrogens (tertiary/aromatic N) is 4.